The number of hydrogen-bond donors (Lipinski definition) is 2. The zero-order chi connectivity index (χ0) is 10.7. The number of hydrogen-bond acceptors (Lipinski definition) is 4. The summed E-state index contributed by atoms with van der Waals surface area (Å²) >= 11 is 1.71. The molecule has 0 aliphatic carbocycles. The Morgan fingerprint density at radius 2 is 2.53 bits per heavy atom. The molecular formula is C11H18N2OS. The molecule has 15 heavy (non-hydrogen) atoms. The van der Waals surface area contributed by atoms with Gasteiger partial charge in [-0.3, -0.25) is 4.90 Å². The third-order valence-corrected chi connectivity index (χ3v) is 3.89. The van der Waals surface area contributed by atoms with Crippen LogP contribution in [0.1, 0.15) is 24.4 Å². The maximum atomic E-state index is 9.30. The van der Waals surface area contributed by atoms with E-state index in [1.165, 1.54) is 12.0 Å². The van der Waals surface area contributed by atoms with Crippen LogP contribution in [-0.4, -0.2) is 35.7 Å². The molecule has 84 valence electrons. The Balaban J connectivity index is 2.12. The van der Waals surface area contributed by atoms with E-state index in [4.69, 9.17) is 5.73 Å². The second kappa shape index (κ2) is 5.07. The van der Waals surface area contributed by atoms with Crippen molar-refractivity contribution >= 4 is 11.3 Å². The van der Waals surface area contributed by atoms with Crippen molar-refractivity contribution in [3.05, 3.63) is 22.4 Å². The quantitative estimate of drug-likeness (QED) is 0.811. The molecule has 4 heteroatoms. The minimum Gasteiger partial charge on any atom is -0.395 e. The van der Waals surface area contributed by atoms with Crippen LogP contribution in [0.3, 0.4) is 0 Å². The first-order chi connectivity index (χ1) is 7.36. The molecule has 0 aromatic carbocycles. The molecule has 1 fully saturated rings. The van der Waals surface area contributed by atoms with Crippen LogP contribution in [0.5, 0.6) is 0 Å². The largest absolute Gasteiger partial charge is 0.395 e. The molecule has 0 amide bonds. The Morgan fingerprint density at radius 1 is 1.67 bits per heavy atom. The average Bonchev–Trinajstić information content (AvgIpc) is 2.89. The van der Waals surface area contributed by atoms with Gasteiger partial charge in [0.2, 0.25) is 0 Å². The monoisotopic (exact) mass is 226 g/mol. The molecule has 1 saturated heterocycles. The van der Waals surface area contributed by atoms with Gasteiger partial charge in [-0.25, -0.2) is 0 Å². The predicted molar refractivity (Wildman–Crippen MR) is 62.9 cm³/mol. The summed E-state index contributed by atoms with van der Waals surface area (Å²) in [6.07, 6.45) is 2.27. The Morgan fingerprint density at radius 3 is 3.13 bits per heavy atom. The lowest BCUT2D eigenvalue weighted by Gasteiger charge is -2.31. The van der Waals surface area contributed by atoms with Crippen LogP contribution >= 0.6 is 11.3 Å². The zero-order valence-corrected chi connectivity index (χ0v) is 9.62. The van der Waals surface area contributed by atoms with Gasteiger partial charge in [0.05, 0.1) is 6.61 Å². The van der Waals surface area contributed by atoms with E-state index in [1.807, 2.05) is 0 Å². The van der Waals surface area contributed by atoms with E-state index in [0.29, 0.717) is 12.6 Å². The third-order valence-electron chi connectivity index (χ3n) is 3.18. The van der Waals surface area contributed by atoms with Gasteiger partial charge in [-0.15, -0.1) is 0 Å². The highest BCUT2D eigenvalue weighted by Crippen LogP contribution is 2.29. The van der Waals surface area contributed by atoms with Crippen LogP contribution < -0.4 is 5.73 Å². The van der Waals surface area contributed by atoms with Crippen LogP contribution in [-0.2, 0) is 0 Å². The number of thiophene rings is 1. The molecule has 0 bridgehead atoms. The molecule has 3 N–H and O–H groups in total. The second-order valence-electron chi connectivity index (χ2n) is 4.02. The fourth-order valence-corrected chi connectivity index (χ4v) is 3.10. The Labute approximate surface area is 94.5 Å². The lowest BCUT2D eigenvalue weighted by Crippen LogP contribution is -2.39. The Bertz CT molecular complexity index is 289. The molecule has 2 unspecified atom stereocenters. The summed E-state index contributed by atoms with van der Waals surface area (Å²) in [5.41, 5.74) is 7.14. The van der Waals surface area contributed by atoms with E-state index < -0.39 is 0 Å². The van der Waals surface area contributed by atoms with Crippen molar-refractivity contribution in [1.29, 1.82) is 0 Å². The molecular weight excluding hydrogens is 208 g/mol. The maximum absolute atomic E-state index is 9.30. The summed E-state index contributed by atoms with van der Waals surface area (Å²) in [6.45, 7) is 1.94. The van der Waals surface area contributed by atoms with Crippen molar-refractivity contribution in [3.63, 3.8) is 0 Å². The van der Waals surface area contributed by atoms with Crippen molar-refractivity contribution in [2.75, 3.05) is 19.7 Å². The van der Waals surface area contributed by atoms with Gasteiger partial charge in [0.25, 0.3) is 0 Å². The number of aliphatic hydroxyl groups excluding tert-OH is 1. The van der Waals surface area contributed by atoms with Gasteiger partial charge in [-0.05, 0) is 41.8 Å². The van der Waals surface area contributed by atoms with E-state index >= 15 is 0 Å². The van der Waals surface area contributed by atoms with Crippen LogP contribution in [0.2, 0.25) is 0 Å². The summed E-state index contributed by atoms with van der Waals surface area (Å²) in [6, 6.07) is 2.73. The highest BCUT2D eigenvalue weighted by molar-refractivity contribution is 7.07. The first-order valence-electron chi connectivity index (χ1n) is 5.45. The molecule has 0 spiro atoms. The predicted octanol–water partition coefficient (Wildman–Crippen LogP) is 1.20. The molecule has 3 nitrogen and oxygen atoms in total. The fraction of sp³-hybridized carbons (Fsp3) is 0.636. The molecule has 2 rings (SSSR count). The molecule has 2 heterocycles. The number of rotatable bonds is 4. The minimum atomic E-state index is 0.251. The van der Waals surface area contributed by atoms with Crippen LogP contribution in [0.15, 0.2) is 16.8 Å². The maximum Gasteiger partial charge on any atom is 0.0587 e. The van der Waals surface area contributed by atoms with E-state index in [0.717, 1.165) is 13.0 Å². The van der Waals surface area contributed by atoms with Gasteiger partial charge in [-0.2, -0.15) is 11.3 Å². The van der Waals surface area contributed by atoms with E-state index in [9.17, 15) is 5.11 Å². The smallest absolute Gasteiger partial charge is 0.0587 e. The minimum absolute atomic E-state index is 0.251. The van der Waals surface area contributed by atoms with Crippen LogP contribution in [0.25, 0.3) is 0 Å². The summed E-state index contributed by atoms with van der Waals surface area (Å²) < 4.78 is 0. The number of likely N-dealkylation sites (tertiary alicyclic amines) is 1. The number of nitrogens with two attached hydrogens (primary N) is 1. The van der Waals surface area contributed by atoms with Gasteiger partial charge < -0.3 is 10.8 Å². The lowest BCUT2D eigenvalue weighted by atomic mass is 10.1. The highest BCUT2D eigenvalue weighted by atomic mass is 32.1. The standard InChI is InChI=1S/C11H18N2OS/c12-6-11(9-3-5-15-8-9)13-4-1-2-10(13)7-14/h3,5,8,10-11,14H,1-2,4,6-7,12H2. The van der Waals surface area contributed by atoms with Crippen molar-refractivity contribution in [3.8, 4) is 0 Å². The fourth-order valence-electron chi connectivity index (χ4n) is 2.39. The van der Waals surface area contributed by atoms with Gasteiger partial charge >= 0.3 is 0 Å². The topological polar surface area (TPSA) is 49.5 Å². The molecule has 2 atom stereocenters. The molecule has 1 aromatic heterocycles. The number of aliphatic hydroxyl groups is 1. The Kier molecular flexibility index (Phi) is 3.75. The van der Waals surface area contributed by atoms with Gasteiger partial charge in [0.15, 0.2) is 0 Å². The zero-order valence-electron chi connectivity index (χ0n) is 8.80. The van der Waals surface area contributed by atoms with E-state index in [1.54, 1.807) is 11.3 Å². The summed E-state index contributed by atoms with van der Waals surface area (Å²) in [5, 5.41) is 13.5. The average molecular weight is 226 g/mol. The molecule has 0 saturated carbocycles. The summed E-state index contributed by atoms with van der Waals surface area (Å²) in [4.78, 5) is 2.35. The third kappa shape index (κ3) is 2.23. The molecule has 0 radical (unpaired) electrons. The van der Waals surface area contributed by atoms with Crippen LogP contribution in [0, 0.1) is 0 Å². The first kappa shape index (κ1) is 11.1. The van der Waals surface area contributed by atoms with E-state index in [2.05, 4.69) is 21.7 Å². The van der Waals surface area contributed by atoms with Gasteiger partial charge in [0, 0.05) is 18.6 Å². The molecule has 1 aromatic rings. The van der Waals surface area contributed by atoms with Gasteiger partial charge in [0.1, 0.15) is 0 Å². The van der Waals surface area contributed by atoms with Crippen LogP contribution in [0.4, 0.5) is 0 Å². The van der Waals surface area contributed by atoms with Crippen molar-refractivity contribution in [2.24, 2.45) is 5.73 Å². The van der Waals surface area contributed by atoms with Crippen molar-refractivity contribution in [2.45, 2.75) is 24.9 Å². The van der Waals surface area contributed by atoms with Gasteiger partial charge in [-0.1, -0.05) is 0 Å². The SMILES string of the molecule is NCC(c1ccsc1)N1CCCC1CO. The summed E-state index contributed by atoms with van der Waals surface area (Å²) in [5.74, 6) is 0. The normalized spacial score (nSPS) is 24.5. The molecule has 1 aliphatic rings. The van der Waals surface area contributed by atoms with Crippen molar-refractivity contribution in [1.82, 2.24) is 4.90 Å². The lowest BCUT2D eigenvalue weighted by molar-refractivity contribution is 0.122. The summed E-state index contributed by atoms with van der Waals surface area (Å²) in [7, 11) is 0. The number of nitrogens with zero attached hydrogens (tertiary/aromatic N) is 1. The second-order valence-corrected chi connectivity index (χ2v) is 4.80. The van der Waals surface area contributed by atoms with Crippen molar-refractivity contribution < 1.29 is 5.11 Å². The highest BCUT2D eigenvalue weighted by Gasteiger charge is 2.30. The Hall–Kier alpha value is -0.420. The first-order valence-corrected chi connectivity index (χ1v) is 6.40. The van der Waals surface area contributed by atoms with E-state index in [-0.39, 0.29) is 12.6 Å². The molecule has 1 aliphatic heterocycles.